The van der Waals surface area contributed by atoms with Gasteiger partial charge in [-0.25, -0.2) is 4.79 Å². The van der Waals surface area contributed by atoms with Crippen molar-refractivity contribution >= 4 is 17.5 Å². The molecule has 0 amide bonds. The first kappa shape index (κ1) is 18.3. The van der Waals surface area contributed by atoms with Crippen molar-refractivity contribution in [3.8, 4) is 5.75 Å². The summed E-state index contributed by atoms with van der Waals surface area (Å²) in [5.41, 5.74) is -1.33. The van der Waals surface area contributed by atoms with E-state index in [1.807, 2.05) is 0 Å². The predicted octanol–water partition coefficient (Wildman–Crippen LogP) is -0.464. The van der Waals surface area contributed by atoms with Crippen molar-refractivity contribution in [1.82, 2.24) is 9.55 Å². The van der Waals surface area contributed by atoms with Crippen LogP contribution in [0.1, 0.15) is 6.23 Å². The fraction of sp³-hybridized carbons (Fsp3) is 0.312. The van der Waals surface area contributed by atoms with Gasteiger partial charge in [-0.1, -0.05) is 18.2 Å². The molecule has 0 saturated carbocycles. The van der Waals surface area contributed by atoms with Crippen LogP contribution in [0.4, 0.5) is 0 Å². The standard InChI is InChI=1S/C16H16N2O7S/c19-8-10-12(21)13(25-16(26)23-9-4-2-1-3-5-9)14(24-10)18-7-6-11(20)17-15(18)22/h1-7,10,12-14,19,21H,8H2,(H,17,20,22)/t10-,12-,13-,14-/m1/s1. The lowest BCUT2D eigenvalue weighted by molar-refractivity contribution is -0.0546. The van der Waals surface area contributed by atoms with Crippen LogP contribution in [0.5, 0.6) is 5.75 Å². The van der Waals surface area contributed by atoms with Gasteiger partial charge in [0.05, 0.1) is 6.61 Å². The summed E-state index contributed by atoms with van der Waals surface area (Å²) < 4.78 is 17.4. The topological polar surface area (TPSA) is 123 Å². The molecular weight excluding hydrogens is 364 g/mol. The average molecular weight is 380 g/mol. The largest absolute Gasteiger partial charge is 0.446 e. The van der Waals surface area contributed by atoms with E-state index in [-0.39, 0.29) is 5.24 Å². The number of nitrogens with one attached hydrogen (secondary N) is 1. The van der Waals surface area contributed by atoms with E-state index in [4.69, 9.17) is 26.4 Å². The number of H-pyrrole nitrogens is 1. The zero-order valence-electron chi connectivity index (χ0n) is 13.3. The predicted molar refractivity (Wildman–Crippen MR) is 92.9 cm³/mol. The number of ether oxygens (including phenoxy) is 3. The molecule has 9 nitrogen and oxygen atoms in total. The van der Waals surface area contributed by atoms with Crippen molar-refractivity contribution in [2.45, 2.75) is 24.5 Å². The number of aliphatic hydroxyl groups excluding tert-OH is 2. The van der Waals surface area contributed by atoms with Crippen LogP contribution in [-0.4, -0.2) is 49.9 Å². The van der Waals surface area contributed by atoms with E-state index in [0.29, 0.717) is 5.75 Å². The van der Waals surface area contributed by atoms with Gasteiger partial charge in [0.15, 0.2) is 12.3 Å². The Balaban J connectivity index is 1.82. The molecule has 26 heavy (non-hydrogen) atoms. The summed E-state index contributed by atoms with van der Waals surface area (Å²) in [6.45, 7) is -0.498. The Labute approximate surface area is 152 Å². The van der Waals surface area contributed by atoms with Gasteiger partial charge in [0.2, 0.25) is 0 Å². The van der Waals surface area contributed by atoms with Crippen molar-refractivity contribution in [3.63, 3.8) is 0 Å². The van der Waals surface area contributed by atoms with Gasteiger partial charge < -0.3 is 24.4 Å². The molecule has 0 unspecified atom stereocenters. The zero-order chi connectivity index (χ0) is 18.7. The number of para-hydroxylation sites is 1. The molecule has 4 atom stereocenters. The molecule has 3 N–H and O–H groups in total. The maximum absolute atomic E-state index is 12.0. The van der Waals surface area contributed by atoms with E-state index >= 15 is 0 Å². The van der Waals surface area contributed by atoms with E-state index in [0.717, 1.165) is 10.6 Å². The van der Waals surface area contributed by atoms with Crippen LogP contribution in [0.25, 0.3) is 0 Å². The van der Waals surface area contributed by atoms with Crippen molar-refractivity contribution in [3.05, 3.63) is 63.4 Å². The Morgan fingerprint density at radius 1 is 1.27 bits per heavy atom. The highest BCUT2D eigenvalue weighted by Gasteiger charge is 2.47. The lowest BCUT2D eigenvalue weighted by Gasteiger charge is -2.22. The highest BCUT2D eigenvalue weighted by molar-refractivity contribution is 7.79. The summed E-state index contributed by atoms with van der Waals surface area (Å²) in [6.07, 6.45) is -3.32. The third-order valence-corrected chi connectivity index (χ3v) is 3.97. The number of aromatic nitrogens is 2. The third-order valence-electron chi connectivity index (χ3n) is 3.79. The summed E-state index contributed by atoms with van der Waals surface area (Å²) in [5.74, 6) is 0.433. The molecule has 0 radical (unpaired) electrons. The van der Waals surface area contributed by atoms with Crippen LogP contribution in [0.2, 0.25) is 0 Å². The molecule has 2 heterocycles. The van der Waals surface area contributed by atoms with E-state index in [9.17, 15) is 19.8 Å². The van der Waals surface area contributed by atoms with Gasteiger partial charge in [-0.05, 0) is 12.1 Å². The lowest BCUT2D eigenvalue weighted by atomic mass is 10.1. The van der Waals surface area contributed by atoms with Crippen LogP contribution < -0.4 is 16.0 Å². The number of rotatable bonds is 4. The molecule has 1 aliphatic heterocycles. The number of hydrogen-bond donors (Lipinski definition) is 3. The second-order valence-corrected chi connectivity index (χ2v) is 5.84. The van der Waals surface area contributed by atoms with Crippen molar-refractivity contribution < 1.29 is 24.4 Å². The Hall–Kier alpha value is -2.53. The molecular formula is C16H16N2O7S. The number of benzene rings is 1. The Morgan fingerprint density at radius 2 is 2.00 bits per heavy atom. The van der Waals surface area contributed by atoms with Crippen molar-refractivity contribution in [1.29, 1.82) is 0 Å². The second kappa shape index (κ2) is 7.79. The Bertz CT molecular complexity index is 882. The van der Waals surface area contributed by atoms with Gasteiger partial charge in [-0.3, -0.25) is 14.3 Å². The van der Waals surface area contributed by atoms with Gasteiger partial charge in [0.25, 0.3) is 5.56 Å². The minimum Gasteiger partial charge on any atom is -0.446 e. The molecule has 0 aliphatic carbocycles. The third kappa shape index (κ3) is 3.83. The number of aliphatic hydroxyl groups is 2. The minimum atomic E-state index is -1.28. The molecule has 1 saturated heterocycles. The maximum Gasteiger partial charge on any atom is 0.358 e. The lowest BCUT2D eigenvalue weighted by Crippen LogP contribution is -2.40. The van der Waals surface area contributed by atoms with Crippen LogP contribution >= 0.6 is 12.2 Å². The molecule has 3 rings (SSSR count). The van der Waals surface area contributed by atoms with Crippen LogP contribution in [0.3, 0.4) is 0 Å². The van der Waals surface area contributed by atoms with Gasteiger partial charge in [0.1, 0.15) is 18.0 Å². The first-order chi connectivity index (χ1) is 12.5. The Kier molecular flexibility index (Phi) is 5.47. The summed E-state index contributed by atoms with van der Waals surface area (Å²) in [5, 5.41) is 19.4. The van der Waals surface area contributed by atoms with Gasteiger partial charge >= 0.3 is 10.9 Å². The van der Waals surface area contributed by atoms with Crippen LogP contribution in [-0.2, 0) is 9.47 Å². The molecule has 10 heteroatoms. The monoisotopic (exact) mass is 380 g/mol. The fourth-order valence-electron chi connectivity index (χ4n) is 2.57. The summed E-state index contributed by atoms with van der Waals surface area (Å²) in [6, 6.07) is 9.75. The van der Waals surface area contributed by atoms with Crippen LogP contribution in [0.15, 0.2) is 52.2 Å². The Morgan fingerprint density at radius 3 is 2.65 bits per heavy atom. The van der Waals surface area contributed by atoms with E-state index in [2.05, 4.69) is 4.98 Å². The second-order valence-electron chi connectivity index (χ2n) is 5.50. The van der Waals surface area contributed by atoms with Crippen molar-refractivity contribution in [2.75, 3.05) is 6.61 Å². The molecule has 1 aliphatic rings. The zero-order valence-corrected chi connectivity index (χ0v) is 14.2. The molecule has 138 valence electrons. The summed E-state index contributed by atoms with van der Waals surface area (Å²) >= 11 is 5.04. The molecule has 0 spiro atoms. The highest BCUT2D eigenvalue weighted by atomic mass is 32.1. The van der Waals surface area contributed by atoms with Crippen molar-refractivity contribution in [2.24, 2.45) is 0 Å². The number of thiocarbonyl (C=S) groups is 1. The van der Waals surface area contributed by atoms with Gasteiger partial charge in [-0.2, -0.15) is 0 Å². The summed E-state index contributed by atoms with van der Waals surface area (Å²) in [4.78, 5) is 25.3. The minimum absolute atomic E-state index is 0.287. The SMILES string of the molecule is O=c1ccn([C@@H]2O[C@H](CO)[C@@H](O)[C@H]2OC(=S)Oc2ccccc2)c(=O)[nH]1. The molecule has 1 fully saturated rings. The molecule has 0 bridgehead atoms. The quantitative estimate of drug-likeness (QED) is 0.609. The average Bonchev–Trinajstić information content (AvgIpc) is 2.92. The maximum atomic E-state index is 12.0. The van der Waals surface area contributed by atoms with Crippen LogP contribution in [0, 0.1) is 0 Å². The highest BCUT2D eigenvalue weighted by Crippen LogP contribution is 2.31. The first-order valence-corrected chi connectivity index (χ1v) is 8.10. The number of hydrogen-bond acceptors (Lipinski definition) is 8. The number of nitrogens with zero attached hydrogens (tertiary/aromatic N) is 1. The van der Waals surface area contributed by atoms with E-state index < -0.39 is 42.4 Å². The molecule has 1 aromatic heterocycles. The van der Waals surface area contributed by atoms with Gasteiger partial charge in [-0.15, -0.1) is 0 Å². The fourth-order valence-corrected chi connectivity index (χ4v) is 2.78. The normalized spacial score (nSPS) is 25.0. The smallest absolute Gasteiger partial charge is 0.358 e. The first-order valence-electron chi connectivity index (χ1n) is 7.69. The summed E-state index contributed by atoms with van der Waals surface area (Å²) in [7, 11) is 0. The van der Waals surface area contributed by atoms with E-state index in [1.54, 1.807) is 30.3 Å². The molecule has 2 aromatic rings. The number of aromatic amines is 1. The van der Waals surface area contributed by atoms with Gasteiger partial charge in [0, 0.05) is 24.5 Å². The van der Waals surface area contributed by atoms with E-state index in [1.165, 1.54) is 6.20 Å². The molecule has 1 aromatic carbocycles.